The summed E-state index contributed by atoms with van der Waals surface area (Å²) in [5, 5.41) is 0.529. The summed E-state index contributed by atoms with van der Waals surface area (Å²) in [6, 6.07) is 2.82. The monoisotopic (exact) mass is 219 g/mol. The number of hydrogen-bond donors (Lipinski definition) is 1. The standard InChI is InChI=1S/C9H11ClFNS/c1-5(2)13-9-3-6(10)7(11)4-8(9)12/h3-5H,12H2,1-2H3. The molecule has 0 unspecified atom stereocenters. The molecular formula is C9H11ClFNS. The van der Waals surface area contributed by atoms with Crippen molar-refractivity contribution in [2.24, 2.45) is 0 Å². The predicted molar refractivity (Wildman–Crippen MR) is 56.8 cm³/mol. The van der Waals surface area contributed by atoms with Crippen LogP contribution in [0.25, 0.3) is 0 Å². The molecule has 0 aliphatic carbocycles. The van der Waals surface area contributed by atoms with E-state index < -0.39 is 5.82 Å². The average molecular weight is 220 g/mol. The molecule has 1 aromatic carbocycles. The highest BCUT2D eigenvalue weighted by molar-refractivity contribution is 8.00. The van der Waals surface area contributed by atoms with Crippen LogP contribution in [0.3, 0.4) is 0 Å². The Hall–Kier alpha value is -0.410. The minimum absolute atomic E-state index is 0.123. The summed E-state index contributed by atoms with van der Waals surface area (Å²) >= 11 is 7.20. The number of nitrogen functional groups attached to an aromatic ring is 1. The molecule has 0 atom stereocenters. The van der Waals surface area contributed by atoms with Crippen LogP contribution >= 0.6 is 23.4 Å². The number of nitrogens with two attached hydrogens (primary N) is 1. The first-order chi connectivity index (χ1) is 6.00. The molecule has 0 aromatic heterocycles. The third-order valence-electron chi connectivity index (χ3n) is 1.42. The van der Waals surface area contributed by atoms with E-state index in [1.54, 1.807) is 17.8 Å². The maximum atomic E-state index is 12.9. The molecule has 13 heavy (non-hydrogen) atoms. The molecule has 4 heteroatoms. The van der Waals surface area contributed by atoms with Crippen LogP contribution < -0.4 is 5.73 Å². The van der Waals surface area contributed by atoms with Crippen molar-refractivity contribution in [1.29, 1.82) is 0 Å². The van der Waals surface area contributed by atoms with Crippen molar-refractivity contribution in [2.45, 2.75) is 24.0 Å². The fourth-order valence-electron chi connectivity index (χ4n) is 0.900. The molecule has 72 valence electrons. The number of halogens is 2. The van der Waals surface area contributed by atoms with E-state index in [1.165, 1.54) is 6.07 Å². The molecular weight excluding hydrogens is 209 g/mol. The lowest BCUT2D eigenvalue weighted by Gasteiger charge is -2.08. The van der Waals surface area contributed by atoms with Crippen LogP contribution in [0.5, 0.6) is 0 Å². The molecule has 0 saturated carbocycles. The number of benzene rings is 1. The van der Waals surface area contributed by atoms with Crippen LogP contribution in [0.1, 0.15) is 13.8 Å². The molecule has 1 aromatic rings. The van der Waals surface area contributed by atoms with Gasteiger partial charge in [-0.2, -0.15) is 0 Å². The smallest absolute Gasteiger partial charge is 0.143 e. The molecule has 0 radical (unpaired) electrons. The van der Waals surface area contributed by atoms with E-state index in [9.17, 15) is 4.39 Å². The zero-order chi connectivity index (χ0) is 10.0. The number of thioether (sulfide) groups is 1. The largest absolute Gasteiger partial charge is 0.398 e. The number of rotatable bonds is 2. The van der Waals surface area contributed by atoms with Gasteiger partial charge in [-0.15, -0.1) is 11.8 Å². The van der Waals surface area contributed by atoms with Crippen molar-refractivity contribution in [3.63, 3.8) is 0 Å². The molecule has 0 saturated heterocycles. The van der Waals surface area contributed by atoms with E-state index in [4.69, 9.17) is 17.3 Å². The number of anilines is 1. The fraction of sp³-hybridized carbons (Fsp3) is 0.333. The van der Waals surface area contributed by atoms with E-state index in [0.29, 0.717) is 10.9 Å². The third kappa shape index (κ3) is 2.78. The molecule has 0 spiro atoms. The van der Waals surface area contributed by atoms with Gasteiger partial charge in [-0.25, -0.2) is 4.39 Å². The molecule has 2 N–H and O–H groups in total. The Bertz CT molecular complexity index is 315. The van der Waals surface area contributed by atoms with Gasteiger partial charge in [-0.3, -0.25) is 0 Å². The summed E-state index contributed by atoms with van der Waals surface area (Å²) in [6.45, 7) is 4.09. The second kappa shape index (κ2) is 4.20. The maximum Gasteiger partial charge on any atom is 0.143 e. The molecule has 0 heterocycles. The van der Waals surface area contributed by atoms with Crippen LogP contribution in [0.2, 0.25) is 5.02 Å². The van der Waals surface area contributed by atoms with Crippen LogP contribution in [-0.4, -0.2) is 5.25 Å². The highest BCUT2D eigenvalue weighted by atomic mass is 35.5. The van der Waals surface area contributed by atoms with Crippen LogP contribution in [0, 0.1) is 5.82 Å². The zero-order valence-corrected chi connectivity index (χ0v) is 9.05. The second-order valence-electron chi connectivity index (χ2n) is 2.97. The van der Waals surface area contributed by atoms with E-state index >= 15 is 0 Å². The summed E-state index contributed by atoms with van der Waals surface area (Å²) in [6.07, 6.45) is 0. The van der Waals surface area contributed by atoms with Gasteiger partial charge in [0.05, 0.1) is 5.02 Å². The van der Waals surface area contributed by atoms with Gasteiger partial charge in [0.25, 0.3) is 0 Å². The van der Waals surface area contributed by atoms with Gasteiger partial charge in [0, 0.05) is 15.8 Å². The predicted octanol–water partition coefficient (Wildman–Crippen LogP) is 3.56. The summed E-state index contributed by atoms with van der Waals surface area (Å²) in [5.74, 6) is -0.465. The van der Waals surface area contributed by atoms with Crippen LogP contribution in [0.4, 0.5) is 10.1 Å². The lowest BCUT2D eigenvalue weighted by molar-refractivity contribution is 0.628. The van der Waals surface area contributed by atoms with Gasteiger partial charge in [-0.1, -0.05) is 25.4 Å². The van der Waals surface area contributed by atoms with Crippen molar-refractivity contribution >= 4 is 29.1 Å². The van der Waals surface area contributed by atoms with Crippen molar-refractivity contribution in [1.82, 2.24) is 0 Å². The lowest BCUT2D eigenvalue weighted by atomic mass is 10.3. The zero-order valence-electron chi connectivity index (χ0n) is 7.47. The normalized spacial score (nSPS) is 10.8. The van der Waals surface area contributed by atoms with E-state index in [-0.39, 0.29) is 5.02 Å². The lowest BCUT2D eigenvalue weighted by Crippen LogP contribution is -1.94. The summed E-state index contributed by atoms with van der Waals surface area (Å²) in [5.41, 5.74) is 6.06. The van der Waals surface area contributed by atoms with E-state index in [2.05, 4.69) is 0 Å². The first-order valence-corrected chi connectivity index (χ1v) is 5.17. The van der Waals surface area contributed by atoms with Gasteiger partial charge in [0.2, 0.25) is 0 Å². The Morgan fingerprint density at radius 3 is 2.62 bits per heavy atom. The minimum Gasteiger partial charge on any atom is -0.398 e. The van der Waals surface area contributed by atoms with Crippen molar-refractivity contribution in [3.05, 3.63) is 23.0 Å². The summed E-state index contributed by atoms with van der Waals surface area (Å²) in [7, 11) is 0. The molecule has 0 aliphatic heterocycles. The van der Waals surface area contributed by atoms with E-state index in [1.807, 2.05) is 13.8 Å². The van der Waals surface area contributed by atoms with Crippen molar-refractivity contribution in [3.8, 4) is 0 Å². The van der Waals surface area contributed by atoms with Crippen molar-refractivity contribution < 1.29 is 4.39 Å². The molecule has 0 amide bonds. The molecule has 1 nitrogen and oxygen atoms in total. The summed E-state index contributed by atoms with van der Waals surface area (Å²) < 4.78 is 12.9. The number of hydrogen-bond acceptors (Lipinski definition) is 2. The first-order valence-electron chi connectivity index (χ1n) is 3.92. The quantitative estimate of drug-likeness (QED) is 0.608. The van der Waals surface area contributed by atoms with Gasteiger partial charge >= 0.3 is 0 Å². The maximum absolute atomic E-state index is 12.9. The van der Waals surface area contributed by atoms with Gasteiger partial charge in [-0.05, 0) is 12.1 Å². The molecule has 0 fully saturated rings. The minimum atomic E-state index is -0.465. The first kappa shape index (κ1) is 10.7. The van der Waals surface area contributed by atoms with Crippen LogP contribution in [-0.2, 0) is 0 Å². The average Bonchev–Trinajstić information content (AvgIpc) is 1.99. The SMILES string of the molecule is CC(C)Sc1cc(Cl)c(F)cc1N. The fourth-order valence-corrected chi connectivity index (χ4v) is 2.02. The van der Waals surface area contributed by atoms with Gasteiger partial charge in [0.15, 0.2) is 0 Å². The highest BCUT2D eigenvalue weighted by Gasteiger charge is 2.07. The third-order valence-corrected chi connectivity index (χ3v) is 2.78. The van der Waals surface area contributed by atoms with E-state index in [0.717, 1.165) is 4.90 Å². The van der Waals surface area contributed by atoms with Gasteiger partial charge < -0.3 is 5.73 Å². The Kier molecular flexibility index (Phi) is 3.45. The van der Waals surface area contributed by atoms with Crippen LogP contribution in [0.15, 0.2) is 17.0 Å². The topological polar surface area (TPSA) is 26.0 Å². The molecule has 0 aliphatic rings. The molecule has 0 bridgehead atoms. The Morgan fingerprint density at radius 1 is 1.46 bits per heavy atom. The second-order valence-corrected chi connectivity index (χ2v) is 5.00. The Balaban J connectivity index is 3.01. The Labute approximate surface area is 86.5 Å². The van der Waals surface area contributed by atoms with Gasteiger partial charge in [0.1, 0.15) is 5.82 Å². The summed E-state index contributed by atoms with van der Waals surface area (Å²) in [4.78, 5) is 0.835. The highest BCUT2D eigenvalue weighted by Crippen LogP contribution is 2.32. The van der Waals surface area contributed by atoms with Crippen molar-refractivity contribution in [2.75, 3.05) is 5.73 Å². The Morgan fingerprint density at radius 2 is 2.08 bits per heavy atom. The molecule has 1 rings (SSSR count).